The highest BCUT2D eigenvalue weighted by Gasteiger charge is 2.12. The fraction of sp³-hybridized carbons (Fsp3) is 0.467. The van der Waals surface area contributed by atoms with Gasteiger partial charge < -0.3 is 14.4 Å². The van der Waals surface area contributed by atoms with Crippen LogP contribution in [0.5, 0.6) is 0 Å². The average molecular weight is 279 g/mol. The first-order chi connectivity index (χ1) is 9.58. The van der Waals surface area contributed by atoms with E-state index in [1.54, 1.807) is 25.1 Å². The standard InChI is InChI=1S/C15H21NO4/c1-16(9-5-8-14(17)20-3)15(18)13-7-4-6-12(10-13)11-19-2/h4,6-7,10H,5,8-9,11H2,1-3H3. The molecule has 0 aromatic heterocycles. The van der Waals surface area contributed by atoms with Crippen molar-refractivity contribution in [3.05, 3.63) is 35.4 Å². The van der Waals surface area contributed by atoms with Crippen molar-refractivity contribution in [3.8, 4) is 0 Å². The lowest BCUT2D eigenvalue weighted by atomic mass is 10.1. The molecule has 1 aromatic rings. The molecule has 1 amide bonds. The van der Waals surface area contributed by atoms with E-state index < -0.39 is 0 Å². The van der Waals surface area contributed by atoms with Gasteiger partial charge in [0.25, 0.3) is 5.91 Å². The molecule has 110 valence electrons. The lowest BCUT2D eigenvalue weighted by Gasteiger charge is -2.17. The van der Waals surface area contributed by atoms with Crippen LogP contribution in [0, 0.1) is 0 Å². The Kier molecular flexibility index (Phi) is 6.73. The molecular formula is C15H21NO4. The molecule has 0 saturated carbocycles. The second kappa shape index (κ2) is 8.32. The SMILES string of the molecule is COCc1cccc(C(=O)N(C)CCCC(=O)OC)c1. The van der Waals surface area contributed by atoms with E-state index in [9.17, 15) is 9.59 Å². The molecule has 1 rings (SSSR count). The molecule has 0 atom stereocenters. The van der Waals surface area contributed by atoms with Crippen molar-refractivity contribution in [2.45, 2.75) is 19.4 Å². The highest BCUT2D eigenvalue weighted by Crippen LogP contribution is 2.09. The fourth-order valence-electron chi connectivity index (χ4n) is 1.85. The summed E-state index contributed by atoms with van der Waals surface area (Å²) in [5.74, 6) is -0.319. The molecule has 5 heteroatoms. The van der Waals surface area contributed by atoms with Gasteiger partial charge in [-0.2, -0.15) is 0 Å². The lowest BCUT2D eigenvalue weighted by molar-refractivity contribution is -0.140. The number of esters is 1. The average Bonchev–Trinajstić information content (AvgIpc) is 2.46. The molecule has 0 unspecified atom stereocenters. The molecule has 0 aliphatic rings. The molecule has 5 nitrogen and oxygen atoms in total. The maximum Gasteiger partial charge on any atom is 0.305 e. The minimum Gasteiger partial charge on any atom is -0.469 e. The van der Waals surface area contributed by atoms with Gasteiger partial charge in [-0.1, -0.05) is 12.1 Å². The van der Waals surface area contributed by atoms with Crippen molar-refractivity contribution in [1.82, 2.24) is 4.90 Å². The first kappa shape index (κ1) is 16.2. The van der Waals surface area contributed by atoms with Crippen LogP contribution < -0.4 is 0 Å². The summed E-state index contributed by atoms with van der Waals surface area (Å²) >= 11 is 0. The van der Waals surface area contributed by atoms with E-state index in [1.165, 1.54) is 7.11 Å². The molecule has 0 radical (unpaired) electrons. The number of hydrogen-bond donors (Lipinski definition) is 0. The number of carbonyl (C=O) groups is 2. The van der Waals surface area contributed by atoms with Crippen LogP contribution >= 0.6 is 0 Å². The topological polar surface area (TPSA) is 55.8 Å². The number of methoxy groups -OCH3 is 2. The zero-order valence-corrected chi connectivity index (χ0v) is 12.2. The third kappa shape index (κ3) is 5.01. The highest BCUT2D eigenvalue weighted by molar-refractivity contribution is 5.94. The smallest absolute Gasteiger partial charge is 0.305 e. The largest absolute Gasteiger partial charge is 0.469 e. The van der Waals surface area contributed by atoms with Gasteiger partial charge in [-0.25, -0.2) is 0 Å². The Morgan fingerprint density at radius 1 is 1.25 bits per heavy atom. The van der Waals surface area contributed by atoms with Gasteiger partial charge in [0.15, 0.2) is 0 Å². The Balaban J connectivity index is 2.55. The molecule has 0 saturated heterocycles. The van der Waals surface area contributed by atoms with Crippen LogP contribution in [-0.4, -0.2) is 44.6 Å². The van der Waals surface area contributed by atoms with Crippen molar-refractivity contribution >= 4 is 11.9 Å². The second-order valence-corrected chi connectivity index (χ2v) is 4.54. The predicted octanol–water partition coefficient (Wildman–Crippen LogP) is 1.86. The summed E-state index contributed by atoms with van der Waals surface area (Å²) in [6.07, 6.45) is 0.907. The van der Waals surface area contributed by atoms with Crippen molar-refractivity contribution in [1.29, 1.82) is 0 Å². The molecule has 0 aliphatic heterocycles. The van der Waals surface area contributed by atoms with Gasteiger partial charge in [-0.15, -0.1) is 0 Å². The quantitative estimate of drug-likeness (QED) is 0.715. The number of benzene rings is 1. The minimum atomic E-state index is -0.257. The van der Waals surface area contributed by atoms with Gasteiger partial charge in [-0.3, -0.25) is 9.59 Å². The van der Waals surface area contributed by atoms with Crippen molar-refractivity contribution < 1.29 is 19.1 Å². The third-order valence-electron chi connectivity index (χ3n) is 2.93. The van der Waals surface area contributed by atoms with Gasteiger partial charge >= 0.3 is 5.97 Å². The molecule has 0 fully saturated rings. The Hall–Kier alpha value is -1.88. The third-order valence-corrected chi connectivity index (χ3v) is 2.93. The van der Waals surface area contributed by atoms with Gasteiger partial charge in [0.2, 0.25) is 0 Å². The van der Waals surface area contributed by atoms with Crippen LogP contribution in [0.1, 0.15) is 28.8 Å². The Bertz CT molecular complexity index is 459. The number of rotatable bonds is 7. The van der Waals surface area contributed by atoms with E-state index >= 15 is 0 Å². The van der Waals surface area contributed by atoms with Gasteiger partial charge in [-0.05, 0) is 24.1 Å². The molecule has 0 heterocycles. The van der Waals surface area contributed by atoms with Gasteiger partial charge in [0, 0.05) is 32.7 Å². The molecule has 1 aromatic carbocycles. The highest BCUT2D eigenvalue weighted by atomic mass is 16.5. The van der Waals surface area contributed by atoms with E-state index in [4.69, 9.17) is 4.74 Å². The maximum atomic E-state index is 12.2. The molecule has 0 bridgehead atoms. The summed E-state index contributed by atoms with van der Waals surface area (Å²) in [7, 11) is 4.70. The summed E-state index contributed by atoms with van der Waals surface area (Å²) < 4.78 is 9.61. The summed E-state index contributed by atoms with van der Waals surface area (Å²) in [6.45, 7) is 0.996. The Labute approximate surface area is 119 Å². The number of carbonyl (C=O) groups excluding carboxylic acids is 2. The van der Waals surface area contributed by atoms with Crippen LogP contribution in [0.15, 0.2) is 24.3 Å². The van der Waals surface area contributed by atoms with Gasteiger partial charge in [0.1, 0.15) is 0 Å². The lowest BCUT2D eigenvalue weighted by Crippen LogP contribution is -2.28. The molecule has 0 N–H and O–H groups in total. The number of nitrogens with zero attached hydrogens (tertiary/aromatic N) is 1. The van der Waals surface area contributed by atoms with Crippen LogP contribution in [0.25, 0.3) is 0 Å². The molecule has 20 heavy (non-hydrogen) atoms. The normalized spacial score (nSPS) is 10.2. The zero-order chi connectivity index (χ0) is 15.0. The molecular weight excluding hydrogens is 258 g/mol. The summed E-state index contributed by atoms with van der Waals surface area (Å²) in [6, 6.07) is 7.35. The first-order valence-corrected chi connectivity index (χ1v) is 6.48. The zero-order valence-electron chi connectivity index (χ0n) is 12.2. The summed E-state index contributed by atoms with van der Waals surface area (Å²) in [5, 5.41) is 0. The van der Waals surface area contributed by atoms with Crippen LogP contribution in [0.3, 0.4) is 0 Å². The van der Waals surface area contributed by atoms with E-state index in [1.807, 2.05) is 18.2 Å². The maximum absolute atomic E-state index is 12.2. The number of hydrogen-bond acceptors (Lipinski definition) is 4. The molecule has 0 spiro atoms. The minimum absolute atomic E-state index is 0.0622. The number of amides is 1. The van der Waals surface area contributed by atoms with E-state index in [0.29, 0.717) is 31.6 Å². The fourth-order valence-corrected chi connectivity index (χ4v) is 1.85. The Morgan fingerprint density at radius 3 is 2.65 bits per heavy atom. The summed E-state index contributed by atoms with van der Waals surface area (Å²) in [5.41, 5.74) is 1.58. The monoisotopic (exact) mass is 279 g/mol. The van der Waals surface area contributed by atoms with Crippen molar-refractivity contribution in [2.75, 3.05) is 27.8 Å². The Morgan fingerprint density at radius 2 is 2.00 bits per heavy atom. The predicted molar refractivity (Wildman–Crippen MR) is 75.4 cm³/mol. The second-order valence-electron chi connectivity index (χ2n) is 4.54. The molecule has 0 aliphatic carbocycles. The summed E-state index contributed by atoms with van der Waals surface area (Å²) in [4.78, 5) is 24.8. The number of ether oxygens (including phenoxy) is 2. The van der Waals surface area contributed by atoms with Gasteiger partial charge in [0.05, 0.1) is 13.7 Å². The van der Waals surface area contributed by atoms with Crippen molar-refractivity contribution in [2.24, 2.45) is 0 Å². The van der Waals surface area contributed by atoms with E-state index in [-0.39, 0.29) is 11.9 Å². The van der Waals surface area contributed by atoms with E-state index in [0.717, 1.165) is 5.56 Å². The van der Waals surface area contributed by atoms with Crippen LogP contribution in [0.4, 0.5) is 0 Å². The van der Waals surface area contributed by atoms with Crippen LogP contribution in [-0.2, 0) is 20.9 Å². The first-order valence-electron chi connectivity index (χ1n) is 6.48. The van der Waals surface area contributed by atoms with Crippen molar-refractivity contribution in [3.63, 3.8) is 0 Å². The van der Waals surface area contributed by atoms with E-state index in [2.05, 4.69) is 4.74 Å². The van der Waals surface area contributed by atoms with Crippen LogP contribution in [0.2, 0.25) is 0 Å².